The highest BCUT2D eigenvalue weighted by atomic mass is 16.3. The Morgan fingerprint density at radius 2 is 1.76 bits per heavy atom. The van der Waals surface area contributed by atoms with E-state index in [2.05, 4.69) is 32.6 Å². The Morgan fingerprint density at radius 1 is 1.05 bits per heavy atom. The van der Waals surface area contributed by atoms with Gasteiger partial charge >= 0.3 is 0 Å². The Bertz CT molecular complexity index is 1350. The molecular formula is C27H31N7O3. The molecule has 4 rings (SSSR count). The second kappa shape index (κ2) is 10.7. The van der Waals surface area contributed by atoms with Gasteiger partial charge in [0.25, 0.3) is 5.91 Å². The minimum atomic E-state index is -0.946. The molecule has 0 aliphatic heterocycles. The van der Waals surface area contributed by atoms with Gasteiger partial charge in [0.2, 0.25) is 11.7 Å². The van der Waals surface area contributed by atoms with E-state index in [0.717, 1.165) is 12.0 Å². The van der Waals surface area contributed by atoms with Gasteiger partial charge in [-0.25, -0.2) is 0 Å². The van der Waals surface area contributed by atoms with Crippen molar-refractivity contribution in [2.45, 2.75) is 59.2 Å². The van der Waals surface area contributed by atoms with Crippen LogP contribution in [-0.4, -0.2) is 42.5 Å². The lowest BCUT2D eigenvalue weighted by atomic mass is 10.0. The number of furan rings is 1. The highest BCUT2D eigenvalue weighted by Crippen LogP contribution is 2.29. The molecule has 0 fully saturated rings. The molecule has 0 aliphatic carbocycles. The van der Waals surface area contributed by atoms with Crippen molar-refractivity contribution in [1.29, 1.82) is 0 Å². The van der Waals surface area contributed by atoms with Crippen molar-refractivity contribution >= 4 is 17.5 Å². The van der Waals surface area contributed by atoms with Crippen LogP contribution in [-0.2, 0) is 22.6 Å². The van der Waals surface area contributed by atoms with Gasteiger partial charge in [-0.1, -0.05) is 19.1 Å². The zero-order chi connectivity index (χ0) is 26.6. The Morgan fingerprint density at radius 3 is 2.35 bits per heavy atom. The molecule has 0 unspecified atom stereocenters. The van der Waals surface area contributed by atoms with Crippen LogP contribution < -0.4 is 10.2 Å². The maximum atomic E-state index is 13.9. The number of nitrogens with zero attached hydrogens (tertiary/aromatic N) is 6. The largest absolute Gasteiger partial charge is 0.458 e. The zero-order valence-electron chi connectivity index (χ0n) is 21.7. The standard InChI is InChI=1S/C27H31N7O3/c1-6-19-8-10-21(11-9-19)34(24(20-13-15-28-16-14-20)26(36)29-27(3,4)5)23(35)17-33-31-25(30-32-33)22-12-7-18(2)37-22/h7-16,24H,6,17H2,1-5H3,(H,29,36)/t24-/m1/s1. The summed E-state index contributed by atoms with van der Waals surface area (Å²) in [5.41, 5.74) is 1.82. The van der Waals surface area contributed by atoms with Gasteiger partial charge in [-0.3, -0.25) is 19.5 Å². The van der Waals surface area contributed by atoms with Gasteiger partial charge in [0, 0.05) is 23.6 Å². The molecule has 1 aromatic carbocycles. The molecule has 0 saturated carbocycles. The van der Waals surface area contributed by atoms with Crippen LogP contribution in [0.3, 0.4) is 0 Å². The van der Waals surface area contributed by atoms with Crippen molar-refractivity contribution < 1.29 is 14.0 Å². The van der Waals surface area contributed by atoms with Gasteiger partial charge < -0.3 is 9.73 Å². The monoisotopic (exact) mass is 501 g/mol. The number of hydrogen-bond donors (Lipinski definition) is 1. The van der Waals surface area contributed by atoms with Crippen molar-refractivity contribution in [2.24, 2.45) is 0 Å². The minimum Gasteiger partial charge on any atom is -0.458 e. The lowest BCUT2D eigenvalue weighted by Crippen LogP contribution is -2.50. The molecule has 3 heterocycles. The molecular weight excluding hydrogens is 470 g/mol. The maximum Gasteiger partial charge on any atom is 0.251 e. The first-order chi connectivity index (χ1) is 17.6. The summed E-state index contributed by atoms with van der Waals surface area (Å²) >= 11 is 0. The molecule has 10 heteroatoms. The number of aryl methyl sites for hydroxylation is 2. The van der Waals surface area contributed by atoms with Crippen molar-refractivity contribution in [3.8, 4) is 11.6 Å². The number of pyridine rings is 1. The van der Waals surface area contributed by atoms with Crippen LogP contribution in [0.5, 0.6) is 0 Å². The van der Waals surface area contributed by atoms with E-state index in [1.54, 1.807) is 36.7 Å². The van der Waals surface area contributed by atoms with Crippen molar-refractivity contribution in [3.63, 3.8) is 0 Å². The summed E-state index contributed by atoms with van der Waals surface area (Å²) in [6.45, 7) is 9.34. The molecule has 4 aromatic rings. The number of tetrazole rings is 1. The topological polar surface area (TPSA) is 119 Å². The van der Waals surface area contributed by atoms with Crippen molar-refractivity contribution in [3.05, 3.63) is 77.8 Å². The summed E-state index contributed by atoms with van der Waals surface area (Å²) in [7, 11) is 0. The molecule has 10 nitrogen and oxygen atoms in total. The minimum absolute atomic E-state index is 0.230. The van der Waals surface area contributed by atoms with E-state index >= 15 is 0 Å². The van der Waals surface area contributed by atoms with Crippen LogP contribution >= 0.6 is 0 Å². The molecule has 0 aliphatic rings. The summed E-state index contributed by atoms with van der Waals surface area (Å²) in [6.07, 6.45) is 4.06. The number of carbonyl (C=O) groups is 2. The van der Waals surface area contributed by atoms with E-state index < -0.39 is 11.6 Å². The molecule has 0 spiro atoms. The van der Waals surface area contributed by atoms with Gasteiger partial charge in [-0.2, -0.15) is 4.80 Å². The smallest absolute Gasteiger partial charge is 0.251 e. The van der Waals surface area contributed by atoms with E-state index in [1.807, 2.05) is 52.0 Å². The first-order valence-electron chi connectivity index (χ1n) is 12.1. The van der Waals surface area contributed by atoms with Gasteiger partial charge in [0.15, 0.2) is 5.76 Å². The van der Waals surface area contributed by atoms with E-state index in [4.69, 9.17) is 4.42 Å². The summed E-state index contributed by atoms with van der Waals surface area (Å²) in [5, 5.41) is 15.4. The van der Waals surface area contributed by atoms with Crippen LogP contribution in [0.1, 0.15) is 50.6 Å². The fraction of sp³-hybridized carbons (Fsp3) is 0.333. The number of nitrogens with one attached hydrogen (secondary N) is 1. The van der Waals surface area contributed by atoms with E-state index in [0.29, 0.717) is 22.8 Å². The summed E-state index contributed by atoms with van der Waals surface area (Å²) < 4.78 is 5.57. The summed E-state index contributed by atoms with van der Waals surface area (Å²) in [5.74, 6) is 0.757. The Kier molecular flexibility index (Phi) is 7.47. The highest BCUT2D eigenvalue weighted by molar-refractivity contribution is 6.01. The quantitative estimate of drug-likeness (QED) is 0.389. The van der Waals surface area contributed by atoms with Gasteiger partial charge in [-0.15, -0.1) is 10.2 Å². The van der Waals surface area contributed by atoms with E-state index in [9.17, 15) is 9.59 Å². The fourth-order valence-electron chi connectivity index (χ4n) is 3.89. The second-order valence-corrected chi connectivity index (χ2v) is 9.76. The van der Waals surface area contributed by atoms with E-state index in [-0.39, 0.29) is 24.2 Å². The van der Waals surface area contributed by atoms with E-state index in [1.165, 1.54) is 9.70 Å². The predicted molar refractivity (Wildman–Crippen MR) is 138 cm³/mol. The molecule has 1 N–H and O–H groups in total. The van der Waals surface area contributed by atoms with Gasteiger partial charge in [0.1, 0.15) is 18.3 Å². The Hall–Kier alpha value is -4.34. The SMILES string of the molecule is CCc1ccc(N(C(=O)Cn2nnc(-c3ccc(C)o3)n2)[C@@H](C(=O)NC(C)(C)C)c2ccncc2)cc1. The van der Waals surface area contributed by atoms with Crippen molar-refractivity contribution in [1.82, 2.24) is 30.5 Å². The fourth-order valence-corrected chi connectivity index (χ4v) is 3.89. The molecule has 37 heavy (non-hydrogen) atoms. The van der Waals surface area contributed by atoms with Crippen LogP contribution in [0.25, 0.3) is 11.6 Å². The first kappa shape index (κ1) is 25.7. The number of aromatic nitrogens is 5. The number of anilines is 1. The molecule has 2 amide bonds. The lowest BCUT2D eigenvalue weighted by Gasteiger charge is -2.33. The number of rotatable bonds is 8. The average molecular weight is 502 g/mol. The molecule has 0 radical (unpaired) electrons. The van der Waals surface area contributed by atoms with Crippen LogP contribution in [0.4, 0.5) is 5.69 Å². The molecule has 1 atom stereocenters. The predicted octanol–water partition coefficient (Wildman–Crippen LogP) is 3.89. The van der Waals surface area contributed by atoms with Gasteiger partial charge in [-0.05, 0) is 86.9 Å². The number of hydrogen-bond acceptors (Lipinski definition) is 7. The molecule has 0 bridgehead atoms. The molecule has 192 valence electrons. The third-order valence-electron chi connectivity index (χ3n) is 5.61. The molecule has 0 saturated heterocycles. The number of carbonyl (C=O) groups excluding carboxylic acids is 2. The van der Waals surface area contributed by atoms with Crippen LogP contribution in [0.15, 0.2) is 65.3 Å². The van der Waals surface area contributed by atoms with Gasteiger partial charge in [0.05, 0.1) is 0 Å². The third-order valence-corrected chi connectivity index (χ3v) is 5.61. The normalized spacial score (nSPS) is 12.2. The van der Waals surface area contributed by atoms with Crippen molar-refractivity contribution in [2.75, 3.05) is 4.90 Å². The lowest BCUT2D eigenvalue weighted by molar-refractivity contribution is -0.128. The zero-order valence-corrected chi connectivity index (χ0v) is 21.7. The third kappa shape index (κ3) is 6.27. The molecule has 3 aromatic heterocycles. The maximum absolute atomic E-state index is 13.9. The van der Waals surface area contributed by atoms with Crippen LogP contribution in [0, 0.1) is 6.92 Å². The average Bonchev–Trinajstić information content (AvgIpc) is 3.50. The van der Waals surface area contributed by atoms with Crippen LogP contribution in [0.2, 0.25) is 0 Å². The number of benzene rings is 1. The highest BCUT2D eigenvalue weighted by Gasteiger charge is 2.35. The first-order valence-corrected chi connectivity index (χ1v) is 12.1. The summed E-state index contributed by atoms with van der Waals surface area (Å²) in [4.78, 5) is 34.3. The Labute approximate surface area is 215 Å². The Balaban J connectivity index is 1.73. The number of amides is 2. The summed E-state index contributed by atoms with van der Waals surface area (Å²) in [6, 6.07) is 13.7. The second-order valence-electron chi connectivity index (χ2n) is 9.76.